The third-order valence-electron chi connectivity index (χ3n) is 3.03. The van der Waals surface area contributed by atoms with Gasteiger partial charge in [0.2, 0.25) is 0 Å². The van der Waals surface area contributed by atoms with Gasteiger partial charge in [0.05, 0.1) is 11.4 Å². The topological polar surface area (TPSA) is 55.8 Å². The van der Waals surface area contributed by atoms with Crippen molar-refractivity contribution in [1.29, 1.82) is 0 Å². The van der Waals surface area contributed by atoms with E-state index in [9.17, 15) is 0 Å². The zero-order chi connectivity index (χ0) is 14.1. The van der Waals surface area contributed by atoms with Gasteiger partial charge in [-0.3, -0.25) is 4.40 Å². The molecular weight excluding hydrogens is 272 g/mol. The molecule has 104 valence electrons. The summed E-state index contributed by atoms with van der Waals surface area (Å²) in [6, 6.07) is 5.76. The lowest BCUT2D eigenvalue weighted by molar-refractivity contribution is 0.304. The number of imidazole rings is 1. The summed E-state index contributed by atoms with van der Waals surface area (Å²) in [4.78, 5) is 7.46. The van der Waals surface area contributed by atoms with Gasteiger partial charge >= 0.3 is 0 Å². The number of nitrogens with two attached hydrogens (primary N) is 1. The van der Waals surface area contributed by atoms with Crippen LogP contribution in [0.3, 0.4) is 0 Å². The molecule has 3 aromatic rings. The molecule has 6 heteroatoms. The van der Waals surface area contributed by atoms with Gasteiger partial charge in [0.15, 0.2) is 4.96 Å². The van der Waals surface area contributed by atoms with Crippen molar-refractivity contribution >= 4 is 27.7 Å². The number of fused-ring (bicyclic) bond motifs is 1. The molecule has 0 saturated carbocycles. The molecule has 0 aliphatic rings. The first-order chi connectivity index (χ1) is 9.63. The highest BCUT2D eigenvalue weighted by Crippen LogP contribution is 2.27. The monoisotopic (exact) mass is 288 g/mol. The van der Waals surface area contributed by atoms with Crippen molar-refractivity contribution in [2.75, 3.05) is 24.7 Å². The SMILES string of the molecule is CN(C)c1ccc(N)c(OCc2cn3ccsc3n2)c1. The number of aromatic nitrogens is 2. The first-order valence-corrected chi connectivity index (χ1v) is 7.12. The normalized spacial score (nSPS) is 10.9. The molecule has 5 nitrogen and oxygen atoms in total. The molecule has 0 unspecified atom stereocenters. The van der Waals surface area contributed by atoms with Crippen molar-refractivity contribution in [3.05, 3.63) is 41.7 Å². The summed E-state index contributed by atoms with van der Waals surface area (Å²) in [7, 11) is 3.97. The zero-order valence-electron chi connectivity index (χ0n) is 11.4. The van der Waals surface area contributed by atoms with E-state index in [-0.39, 0.29) is 0 Å². The average Bonchev–Trinajstić information content (AvgIpc) is 2.98. The van der Waals surface area contributed by atoms with Gasteiger partial charge in [0.1, 0.15) is 12.4 Å². The molecule has 0 radical (unpaired) electrons. The number of ether oxygens (including phenoxy) is 1. The fourth-order valence-corrected chi connectivity index (χ4v) is 2.64. The summed E-state index contributed by atoms with van der Waals surface area (Å²) in [5, 5.41) is 2.01. The summed E-state index contributed by atoms with van der Waals surface area (Å²) >= 11 is 1.60. The number of nitrogens with zero attached hydrogens (tertiary/aromatic N) is 3. The number of hydrogen-bond donors (Lipinski definition) is 1. The molecule has 0 spiro atoms. The van der Waals surface area contributed by atoms with Gasteiger partial charge in [-0.1, -0.05) is 0 Å². The smallest absolute Gasteiger partial charge is 0.193 e. The van der Waals surface area contributed by atoms with E-state index in [2.05, 4.69) is 4.98 Å². The van der Waals surface area contributed by atoms with Crippen molar-refractivity contribution in [3.8, 4) is 5.75 Å². The van der Waals surface area contributed by atoms with Crippen LogP contribution in [0.25, 0.3) is 4.96 Å². The van der Waals surface area contributed by atoms with Crippen LogP contribution in [0.4, 0.5) is 11.4 Å². The van der Waals surface area contributed by atoms with Gasteiger partial charge in [-0.25, -0.2) is 4.98 Å². The lowest BCUT2D eigenvalue weighted by Gasteiger charge is -2.15. The van der Waals surface area contributed by atoms with E-state index in [1.54, 1.807) is 11.3 Å². The second kappa shape index (κ2) is 5.05. The molecule has 3 rings (SSSR count). The van der Waals surface area contributed by atoms with E-state index in [0.717, 1.165) is 16.3 Å². The van der Waals surface area contributed by atoms with Gasteiger partial charge in [0.25, 0.3) is 0 Å². The van der Waals surface area contributed by atoms with Crippen LogP contribution in [0.15, 0.2) is 36.0 Å². The third kappa shape index (κ3) is 2.42. The Labute approximate surface area is 121 Å². The van der Waals surface area contributed by atoms with E-state index in [4.69, 9.17) is 10.5 Å². The summed E-state index contributed by atoms with van der Waals surface area (Å²) in [5.74, 6) is 0.688. The van der Waals surface area contributed by atoms with Crippen molar-refractivity contribution in [2.24, 2.45) is 0 Å². The Morgan fingerprint density at radius 1 is 1.40 bits per heavy atom. The van der Waals surface area contributed by atoms with Gasteiger partial charge in [-0.2, -0.15) is 0 Å². The first kappa shape index (κ1) is 12.8. The summed E-state index contributed by atoms with van der Waals surface area (Å²) in [6.45, 7) is 0.412. The molecular formula is C14H16N4OS. The summed E-state index contributed by atoms with van der Waals surface area (Å²) < 4.78 is 7.78. The summed E-state index contributed by atoms with van der Waals surface area (Å²) in [6.07, 6.45) is 3.95. The number of anilines is 2. The Balaban J connectivity index is 1.77. The van der Waals surface area contributed by atoms with Crippen LogP contribution in [-0.4, -0.2) is 23.5 Å². The van der Waals surface area contributed by atoms with Gasteiger partial charge < -0.3 is 15.4 Å². The molecule has 2 aromatic heterocycles. The van der Waals surface area contributed by atoms with Crippen LogP contribution < -0.4 is 15.4 Å². The van der Waals surface area contributed by atoms with E-state index >= 15 is 0 Å². The fraction of sp³-hybridized carbons (Fsp3) is 0.214. The minimum atomic E-state index is 0.412. The Bertz CT molecular complexity index is 703. The Morgan fingerprint density at radius 3 is 3.00 bits per heavy atom. The number of hydrogen-bond acceptors (Lipinski definition) is 5. The number of nitrogen functional groups attached to an aromatic ring is 1. The molecule has 0 amide bonds. The second-order valence-electron chi connectivity index (χ2n) is 4.73. The Morgan fingerprint density at radius 2 is 2.25 bits per heavy atom. The maximum Gasteiger partial charge on any atom is 0.193 e. The van der Waals surface area contributed by atoms with Crippen molar-refractivity contribution in [1.82, 2.24) is 9.38 Å². The minimum absolute atomic E-state index is 0.412. The Hall–Kier alpha value is -2.21. The van der Waals surface area contributed by atoms with Crippen molar-refractivity contribution in [2.45, 2.75) is 6.61 Å². The molecule has 20 heavy (non-hydrogen) atoms. The maximum absolute atomic E-state index is 5.94. The molecule has 0 aliphatic carbocycles. The highest BCUT2D eigenvalue weighted by molar-refractivity contribution is 7.15. The summed E-state index contributed by atoms with van der Waals surface area (Å²) in [5.41, 5.74) is 8.53. The lowest BCUT2D eigenvalue weighted by Crippen LogP contribution is -2.09. The molecule has 1 aromatic carbocycles. The Kier molecular flexibility index (Phi) is 3.23. The molecule has 0 atom stereocenters. The standard InChI is InChI=1S/C14H16N4OS/c1-17(2)11-3-4-12(15)13(7-11)19-9-10-8-18-5-6-20-14(18)16-10/h3-8H,9,15H2,1-2H3. The van der Waals surface area contributed by atoms with Crippen molar-refractivity contribution < 1.29 is 4.74 Å². The van der Waals surface area contributed by atoms with E-state index in [1.165, 1.54) is 0 Å². The highest BCUT2D eigenvalue weighted by Gasteiger charge is 2.07. The maximum atomic E-state index is 5.94. The molecule has 0 fully saturated rings. The van der Waals surface area contributed by atoms with Crippen LogP contribution in [0.5, 0.6) is 5.75 Å². The second-order valence-corrected chi connectivity index (χ2v) is 5.60. The molecule has 0 bridgehead atoms. The zero-order valence-corrected chi connectivity index (χ0v) is 12.2. The van der Waals surface area contributed by atoms with Gasteiger partial charge in [0, 0.05) is 43.6 Å². The van der Waals surface area contributed by atoms with Crippen LogP contribution >= 0.6 is 11.3 Å². The van der Waals surface area contributed by atoms with Crippen LogP contribution in [0.1, 0.15) is 5.69 Å². The third-order valence-corrected chi connectivity index (χ3v) is 3.80. The fourth-order valence-electron chi connectivity index (χ4n) is 1.92. The highest BCUT2D eigenvalue weighted by atomic mass is 32.1. The largest absolute Gasteiger partial charge is 0.485 e. The van der Waals surface area contributed by atoms with Crippen LogP contribution in [0, 0.1) is 0 Å². The van der Waals surface area contributed by atoms with Gasteiger partial charge in [-0.15, -0.1) is 11.3 Å². The first-order valence-electron chi connectivity index (χ1n) is 6.24. The lowest BCUT2D eigenvalue weighted by atomic mass is 10.2. The molecule has 0 aliphatic heterocycles. The minimum Gasteiger partial charge on any atom is -0.485 e. The molecule has 2 N–H and O–H groups in total. The number of rotatable bonds is 4. The van der Waals surface area contributed by atoms with E-state index < -0.39 is 0 Å². The van der Waals surface area contributed by atoms with Crippen LogP contribution in [0.2, 0.25) is 0 Å². The predicted molar refractivity (Wildman–Crippen MR) is 82.6 cm³/mol. The number of benzene rings is 1. The van der Waals surface area contributed by atoms with Crippen molar-refractivity contribution in [3.63, 3.8) is 0 Å². The van der Waals surface area contributed by atoms with E-state index in [0.29, 0.717) is 18.0 Å². The predicted octanol–water partition coefficient (Wildman–Crippen LogP) is 2.62. The molecule has 2 heterocycles. The van der Waals surface area contributed by atoms with E-state index in [1.807, 2.05) is 59.4 Å². The molecule has 0 saturated heterocycles. The van der Waals surface area contributed by atoms with Crippen LogP contribution in [-0.2, 0) is 6.61 Å². The number of thiazole rings is 1. The van der Waals surface area contributed by atoms with Gasteiger partial charge in [-0.05, 0) is 12.1 Å². The average molecular weight is 288 g/mol. The quantitative estimate of drug-likeness (QED) is 0.750.